The fourth-order valence-electron chi connectivity index (χ4n) is 2.03. The van der Waals surface area contributed by atoms with Crippen molar-refractivity contribution in [2.75, 3.05) is 19.8 Å². The summed E-state index contributed by atoms with van der Waals surface area (Å²) in [6.45, 7) is 8.71. The molecule has 0 aliphatic rings. The van der Waals surface area contributed by atoms with Gasteiger partial charge in [0, 0.05) is 12.6 Å². The molecule has 1 unspecified atom stereocenters. The summed E-state index contributed by atoms with van der Waals surface area (Å²) in [5.74, 6) is -0.163. The lowest BCUT2D eigenvalue weighted by Crippen LogP contribution is -2.36. The van der Waals surface area contributed by atoms with E-state index in [0.29, 0.717) is 6.61 Å². The van der Waals surface area contributed by atoms with Crippen LogP contribution in [0.5, 0.6) is 0 Å². The Morgan fingerprint density at radius 3 is 2.74 bits per heavy atom. The number of ether oxygens (including phenoxy) is 1. The molecule has 1 atom stereocenters. The summed E-state index contributed by atoms with van der Waals surface area (Å²) < 4.78 is 18.9. The van der Waals surface area contributed by atoms with Gasteiger partial charge >= 0.3 is 0 Å². The van der Waals surface area contributed by atoms with E-state index in [2.05, 4.69) is 19.2 Å². The molecular weight excluding hydrogens is 241 g/mol. The van der Waals surface area contributed by atoms with Gasteiger partial charge in [0.2, 0.25) is 0 Å². The average Bonchev–Trinajstić information content (AvgIpc) is 2.40. The third kappa shape index (κ3) is 6.17. The minimum absolute atomic E-state index is 0.163. The second kappa shape index (κ2) is 9.05. The number of nitrogens with one attached hydrogen (secondary N) is 1. The van der Waals surface area contributed by atoms with Crippen molar-refractivity contribution in [1.82, 2.24) is 5.32 Å². The van der Waals surface area contributed by atoms with Gasteiger partial charge in [-0.25, -0.2) is 4.39 Å². The maximum atomic E-state index is 13.3. The minimum atomic E-state index is -0.163. The number of benzene rings is 1. The fraction of sp³-hybridized carbons (Fsp3) is 0.625. The topological polar surface area (TPSA) is 21.3 Å². The summed E-state index contributed by atoms with van der Waals surface area (Å²) in [6, 6.07) is 5.25. The Morgan fingerprint density at radius 1 is 1.26 bits per heavy atom. The molecule has 0 aliphatic heterocycles. The number of hydrogen-bond donors (Lipinski definition) is 1. The molecule has 0 radical (unpaired) electrons. The maximum Gasteiger partial charge on any atom is 0.123 e. The molecule has 0 saturated heterocycles. The van der Waals surface area contributed by atoms with Gasteiger partial charge in [0.25, 0.3) is 0 Å². The van der Waals surface area contributed by atoms with Crippen molar-refractivity contribution in [1.29, 1.82) is 0 Å². The van der Waals surface area contributed by atoms with E-state index >= 15 is 0 Å². The predicted octanol–water partition coefficient (Wildman–Crippen LogP) is 3.47. The first-order valence-corrected chi connectivity index (χ1v) is 7.23. The van der Waals surface area contributed by atoms with Gasteiger partial charge in [0.05, 0.1) is 6.61 Å². The summed E-state index contributed by atoms with van der Waals surface area (Å²) in [5.41, 5.74) is 2.20. The van der Waals surface area contributed by atoms with Crippen molar-refractivity contribution in [2.45, 2.75) is 46.1 Å². The standard InChI is InChI=1S/C16H26FNO/c1-4-8-18-16(12-19-9-5-2)11-14-10-15(17)7-6-13(14)3/h6-7,10,16,18H,4-5,8-9,11-12H2,1-3H3. The summed E-state index contributed by atoms with van der Waals surface area (Å²) in [4.78, 5) is 0. The number of hydrogen-bond acceptors (Lipinski definition) is 2. The van der Waals surface area contributed by atoms with E-state index in [9.17, 15) is 4.39 Å². The minimum Gasteiger partial charge on any atom is -0.380 e. The lowest BCUT2D eigenvalue weighted by Gasteiger charge is -2.19. The second-order valence-corrected chi connectivity index (χ2v) is 5.00. The van der Waals surface area contributed by atoms with Crippen molar-refractivity contribution in [3.05, 3.63) is 35.1 Å². The third-order valence-corrected chi connectivity index (χ3v) is 3.13. The van der Waals surface area contributed by atoms with E-state index < -0.39 is 0 Å². The largest absolute Gasteiger partial charge is 0.380 e. The first kappa shape index (κ1) is 16.1. The van der Waals surface area contributed by atoms with Crippen LogP contribution in [0.15, 0.2) is 18.2 Å². The van der Waals surface area contributed by atoms with Crippen LogP contribution in [-0.4, -0.2) is 25.8 Å². The van der Waals surface area contributed by atoms with Crippen LogP contribution in [0.3, 0.4) is 0 Å². The maximum absolute atomic E-state index is 13.3. The van der Waals surface area contributed by atoms with E-state index in [4.69, 9.17) is 4.74 Å². The van der Waals surface area contributed by atoms with Gasteiger partial charge in [-0.15, -0.1) is 0 Å². The Morgan fingerprint density at radius 2 is 2.05 bits per heavy atom. The normalized spacial score (nSPS) is 12.6. The third-order valence-electron chi connectivity index (χ3n) is 3.13. The molecule has 0 amide bonds. The molecule has 2 nitrogen and oxygen atoms in total. The molecule has 0 fully saturated rings. The van der Waals surface area contributed by atoms with Crippen LogP contribution < -0.4 is 5.32 Å². The zero-order chi connectivity index (χ0) is 14.1. The van der Waals surface area contributed by atoms with Crippen molar-refractivity contribution in [2.24, 2.45) is 0 Å². The second-order valence-electron chi connectivity index (χ2n) is 5.00. The molecule has 108 valence electrons. The highest BCUT2D eigenvalue weighted by Gasteiger charge is 2.11. The van der Waals surface area contributed by atoms with Crippen molar-refractivity contribution in [3.63, 3.8) is 0 Å². The molecule has 0 spiro atoms. The number of halogens is 1. The van der Waals surface area contributed by atoms with Crippen LogP contribution in [0, 0.1) is 12.7 Å². The molecule has 0 aromatic heterocycles. The summed E-state index contributed by atoms with van der Waals surface area (Å²) in [5, 5.41) is 3.48. The van der Waals surface area contributed by atoms with Crippen LogP contribution in [0.4, 0.5) is 4.39 Å². The van der Waals surface area contributed by atoms with Gasteiger partial charge in [-0.2, -0.15) is 0 Å². The smallest absolute Gasteiger partial charge is 0.123 e. The molecule has 1 rings (SSSR count). The highest BCUT2D eigenvalue weighted by molar-refractivity contribution is 5.27. The van der Waals surface area contributed by atoms with E-state index in [1.165, 1.54) is 6.07 Å². The predicted molar refractivity (Wildman–Crippen MR) is 78.0 cm³/mol. The molecular formula is C16H26FNO. The van der Waals surface area contributed by atoms with E-state index in [-0.39, 0.29) is 11.9 Å². The van der Waals surface area contributed by atoms with Crippen molar-refractivity contribution in [3.8, 4) is 0 Å². The molecule has 1 aromatic carbocycles. The Balaban J connectivity index is 2.61. The van der Waals surface area contributed by atoms with Crippen LogP contribution in [0.1, 0.15) is 37.8 Å². The molecule has 1 N–H and O–H groups in total. The Bertz CT molecular complexity index is 368. The number of aryl methyl sites for hydroxylation is 1. The first-order chi connectivity index (χ1) is 9.17. The molecule has 19 heavy (non-hydrogen) atoms. The van der Waals surface area contributed by atoms with Crippen LogP contribution in [0.2, 0.25) is 0 Å². The van der Waals surface area contributed by atoms with Crippen LogP contribution >= 0.6 is 0 Å². The van der Waals surface area contributed by atoms with Gasteiger partial charge < -0.3 is 10.1 Å². The van der Waals surface area contributed by atoms with E-state index in [1.54, 1.807) is 6.07 Å². The van der Waals surface area contributed by atoms with Crippen LogP contribution in [0.25, 0.3) is 0 Å². The molecule has 0 heterocycles. The van der Waals surface area contributed by atoms with E-state index in [1.807, 2.05) is 13.0 Å². The highest BCUT2D eigenvalue weighted by atomic mass is 19.1. The Hall–Kier alpha value is -0.930. The molecule has 0 aliphatic carbocycles. The fourth-order valence-corrected chi connectivity index (χ4v) is 2.03. The van der Waals surface area contributed by atoms with Gasteiger partial charge in [-0.05, 0) is 56.0 Å². The van der Waals surface area contributed by atoms with E-state index in [0.717, 1.165) is 43.5 Å². The Labute approximate surface area is 116 Å². The summed E-state index contributed by atoms with van der Waals surface area (Å²) >= 11 is 0. The molecule has 1 aromatic rings. The van der Waals surface area contributed by atoms with Gasteiger partial charge in [0.15, 0.2) is 0 Å². The Kier molecular flexibility index (Phi) is 7.68. The van der Waals surface area contributed by atoms with Gasteiger partial charge in [-0.1, -0.05) is 19.9 Å². The number of rotatable bonds is 9. The van der Waals surface area contributed by atoms with Gasteiger partial charge in [0.1, 0.15) is 5.82 Å². The van der Waals surface area contributed by atoms with Crippen molar-refractivity contribution < 1.29 is 9.13 Å². The highest BCUT2D eigenvalue weighted by Crippen LogP contribution is 2.13. The monoisotopic (exact) mass is 267 g/mol. The molecule has 0 bridgehead atoms. The zero-order valence-corrected chi connectivity index (χ0v) is 12.3. The molecule has 0 saturated carbocycles. The SMILES string of the molecule is CCCNC(COCCC)Cc1cc(F)ccc1C. The molecule has 3 heteroatoms. The summed E-state index contributed by atoms with van der Waals surface area (Å²) in [7, 11) is 0. The zero-order valence-electron chi connectivity index (χ0n) is 12.3. The lowest BCUT2D eigenvalue weighted by molar-refractivity contribution is 0.111. The average molecular weight is 267 g/mol. The van der Waals surface area contributed by atoms with Crippen molar-refractivity contribution >= 4 is 0 Å². The van der Waals surface area contributed by atoms with Gasteiger partial charge in [-0.3, -0.25) is 0 Å². The lowest BCUT2D eigenvalue weighted by atomic mass is 10.0. The summed E-state index contributed by atoms with van der Waals surface area (Å²) in [6.07, 6.45) is 2.93. The quantitative estimate of drug-likeness (QED) is 0.692. The van der Waals surface area contributed by atoms with Crippen LogP contribution in [-0.2, 0) is 11.2 Å². The first-order valence-electron chi connectivity index (χ1n) is 7.23.